The molecule has 2 aliphatic heterocycles. The molecule has 12 heteroatoms. The molecular formula is C28H26N4O7S. The van der Waals surface area contributed by atoms with E-state index < -0.39 is 39.6 Å². The Kier molecular flexibility index (Phi) is 6.58. The molecule has 3 amide bonds. The zero-order valence-electron chi connectivity index (χ0n) is 22.1. The van der Waals surface area contributed by atoms with Gasteiger partial charge in [-0.1, -0.05) is 36.4 Å². The molecule has 0 radical (unpaired) electrons. The molecule has 0 aromatic heterocycles. The van der Waals surface area contributed by atoms with E-state index in [0.717, 1.165) is 9.87 Å². The molecule has 1 fully saturated rings. The minimum absolute atomic E-state index is 0.0656. The van der Waals surface area contributed by atoms with Gasteiger partial charge in [-0.2, -0.15) is 0 Å². The van der Waals surface area contributed by atoms with Crippen molar-refractivity contribution in [2.45, 2.75) is 37.3 Å². The fourth-order valence-corrected chi connectivity index (χ4v) is 5.70. The summed E-state index contributed by atoms with van der Waals surface area (Å²) in [6.45, 7) is 4.67. The Morgan fingerprint density at radius 1 is 1.02 bits per heavy atom. The third-order valence-corrected chi connectivity index (χ3v) is 8.26. The van der Waals surface area contributed by atoms with Gasteiger partial charge < -0.3 is 14.8 Å². The van der Waals surface area contributed by atoms with Gasteiger partial charge in [0.25, 0.3) is 21.8 Å². The first-order chi connectivity index (χ1) is 18.9. The molecule has 3 aromatic rings. The average Bonchev–Trinajstić information content (AvgIpc) is 3.10. The predicted octanol–water partition coefficient (Wildman–Crippen LogP) is 4.22. The number of ether oxygens (including phenoxy) is 2. The Hall–Kier alpha value is -4.71. The average molecular weight is 563 g/mol. The van der Waals surface area contributed by atoms with E-state index >= 15 is 0 Å². The number of aliphatic imine (C=N–C) groups is 1. The van der Waals surface area contributed by atoms with Gasteiger partial charge in [0.05, 0.1) is 11.4 Å². The molecule has 1 unspecified atom stereocenters. The molecular weight excluding hydrogens is 536 g/mol. The summed E-state index contributed by atoms with van der Waals surface area (Å²) < 4.78 is 38.7. The third-order valence-electron chi connectivity index (χ3n) is 6.45. The van der Waals surface area contributed by atoms with Gasteiger partial charge in [0.1, 0.15) is 10.6 Å². The Morgan fingerprint density at radius 2 is 1.73 bits per heavy atom. The number of sulfonamides is 1. The smallest absolute Gasteiger partial charge is 0.418 e. The molecule has 0 bridgehead atoms. The molecule has 1 saturated heterocycles. The number of aryl methyl sites for hydroxylation is 1. The van der Waals surface area contributed by atoms with Gasteiger partial charge in [0.2, 0.25) is 0 Å². The number of amidine groups is 1. The number of carbonyl (C=O) groups excluding carboxylic acids is 3. The highest BCUT2D eigenvalue weighted by Crippen LogP contribution is 2.36. The number of amides is 3. The molecule has 5 rings (SSSR count). The maximum absolute atomic E-state index is 14.0. The van der Waals surface area contributed by atoms with Crippen LogP contribution >= 0.6 is 0 Å². The highest BCUT2D eigenvalue weighted by molar-refractivity contribution is 7.90. The number of fused-ring (bicyclic) bond motifs is 1. The van der Waals surface area contributed by atoms with Crippen LogP contribution in [0.1, 0.15) is 19.4 Å². The summed E-state index contributed by atoms with van der Waals surface area (Å²) in [6, 6.07) is 18.1. The number of nitrogens with zero attached hydrogens (tertiary/aromatic N) is 3. The van der Waals surface area contributed by atoms with Crippen LogP contribution in [0.25, 0.3) is 0 Å². The quantitative estimate of drug-likeness (QED) is 0.475. The fraction of sp³-hybridized carbons (Fsp3) is 0.214. The summed E-state index contributed by atoms with van der Waals surface area (Å²) in [5.41, 5.74) is -0.323. The van der Waals surface area contributed by atoms with E-state index in [4.69, 9.17) is 9.47 Å². The number of imide groups is 1. The summed E-state index contributed by atoms with van der Waals surface area (Å²) in [6.07, 6.45) is -1.10. The Bertz CT molecular complexity index is 1680. The summed E-state index contributed by atoms with van der Waals surface area (Å²) in [7, 11) is -2.96. The van der Waals surface area contributed by atoms with Crippen molar-refractivity contribution in [1.82, 2.24) is 9.21 Å². The maximum atomic E-state index is 14.0. The van der Waals surface area contributed by atoms with Crippen molar-refractivity contribution in [2.75, 3.05) is 12.4 Å². The number of rotatable bonds is 6. The molecule has 206 valence electrons. The Morgan fingerprint density at radius 3 is 2.42 bits per heavy atom. The highest BCUT2D eigenvalue weighted by Gasteiger charge is 2.55. The normalized spacial score (nSPS) is 17.9. The van der Waals surface area contributed by atoms with E-state index in [2.05, 4.69) is 10.3 Å². The molecule has 11 nitrogen and oxygen atoms in total. The second-order valence-corrected chi connectivity index (χ2v) is 11.7. The number of nitrogens with one attached hydrogen (secondary N) is 1. The summed E-state index contributed by atoms with van der Waals surface area (Å²) in [4.78, 5) is 45.1. The molecule has 0 spiro atoms. The Labute approximate surface area is 231 Å². The number of likely N-dealkylation sites (N-methyl/N-ethyl adjacent to an activating group) is 1. The first-order valence-corrected chi connectivity index (χ1v) is 13.7. The number of anilines is 1. The second kappa shape index (κ2) is 9.79. The summed E-state index contributed by atoms with van der Waals surface area (Å²) >= 11 is 0. The third kappa shape index (κ3) is 4.66. The molecule has 1 atom stereocenters. The number of hydrogen-bond donors (Lipinski definition) is 1. The van der Waals surface area contributed by atoms with E-state index in [0.29, 0.717) is 10.6 Å². The van der Waals surface area contributed by atoms with Crippen molar-refractivity contribution in [2.24, 2.45) is 4.99 Å². The second-order valence-electron chi connectivity index (χ2n) is 9.77. The Balaban J connectivity index is 1.59. The minimum Gasteiger partial charge on any atom is -0.455 e. The molecule has 2 aliphatic rings. The van der Waals surface area contributed by atoms with Crippen LogP contribution in [0, 0.1) is 6.92 Å². The summed E-state index contributed by atoms with van der Waals surface area (Å²) in [5, 5.41) is 2.69. The van der Waals surface area contributed by atoms with Crippen molar-refractivity contribution in [1.29, 1.82) is 0 Å². The maximum Gasteiger partial charge on any atom is 0.418 e. The van der Waals surface area contributed by atoms with Crippen molar-refractivity contribution >= 4 is 45.1 Å². The topological polar surface area (TPSA) is 135 Å². The molecule has 0 saturated carbocycles. The van der Waals surface area contributed by atoms with E-state index in [1.54, 1.807) is 42.5 Å². The van der Waals surface area contributed by atoms with Gasteiger partial charge in [-0.25, -0.2) is 23.1 Å². The van der Waals surface area contributed by atoms with Crippen molar-refractivity contribution < 1.29 is 32.3 Å². The standard InChI is InChI=1S/C28H26N4O7S/c1-17-10-9-11-18(16-17)38-21-14-7-5-12-19(21)30-25(33)23(32-26(34)28(2,3)39-27(32)35)24-29-20-13-6-8-15-22(20)40(36,37)31(24)4/h5-16,23H,1-4H3,(H,30,33). The van der Waals surface area contributed by atoms with Gasteiger partial charge >= 0.3 is 6.09 Å². The number of hydrogen-bond acceptors (Lipinski definition) is 8. The largest absolute Gasteiger partial charge is 0.455 e. The van der Waals surface area contributed by atoms with Crippen molar-refractivity contribution in [3.63, 3.8) is 0 Å². The van der Waals surface area contributed by atoms with Crippen LogP contribution in [0.3, 0.4) is 0 Å². The van der Waals surface area contributed by atoms with Gasteiger partial charge in [0.15, 0.2) is 23.2 Å². The van der Waals surface area contributed by atoms with Gasteiger partial charge in [-0.3, -0.25) is 13.9 Å². The number of carbonyl (C=O) groups is 3. The van der Waals surface area contributed by atoms with E-state index in [1.807, 2.05) is 25.1 Å². The predicted molar refractivity (Wildman–Crippen MR) is 146 cm³/mol. The lowest BCUT2D eigenvalue weighted by Crippen LogP contribution is -2.58. The van der Waals surface area contributed by atoms with Crippen LogP contribution in [-0.4, -0.2) is 60.1 Å². The van der Waals surface area contributed by atoms with Crippen LogP contribution < -0.4 is 10.1 Å². The zero-order chi connectivity index (χ0) is 28.8. The van der Waals surface area contributed by atoms with Crippen LogP contribution in [-0.2, 0) is 24.3 Å². The number of cyclic esters (lactones) is 1. The van der Waals surface area contributed by atoms with Crippen molar-refractivity contribution in [3.05, 3.63) is 78.4 Å². The zero-order valence-corrected chi connectivity index (χ0v) is 22.9. The molecule has 40 heavy (non-hydrogen) atoms. The van der Waals surface area contributed by atoms with Gasteiger partial charge in [-0.05, 0) is 62.7 Å². The lowest BCUT2D eigenvalue weighted by molar-refractivity contribution is -0.137. The summed E-state index contributed by atoms with van der Waals surface area (Å²) in [5.74, 6) is -1.26. The lowest BCUT2D eigenvalue weighted by atomic mass is 10.1. The first-order valence-electron chi connectivity index (χ1n) is 12.3. The molecule has 1 N–H and O–H groups in total. The van der Waals surface area contributed by atoms with Crippen LogP contribution in [0.4, 0.5) is 16.2 Å². The van der Waals surface area contributed by atoms with Gasteiger partial charge in [-0.15, -0.1) is 0 Å². The molecule has 3 aromatic carbocycles. The van der Waals surface area contributed by atoms with Crippen LogP contribution in [0.2, 0.25) is 0 Å². The van der Waals surface area contributed by atoms with E-state index in [-0.39, 0.29) is 27.9 Å². The van der Waals surface area contributed by atoms with Crippen molar-refractivity contribution in [3.8, 4) is 11.5 Å². The number of benzene rings is 3. The van der Waals surface area contributed by atoms with E-state index in [9.17, 15) is 22.8 Å². The minimum atomic E-state index is -4.16. The van der Waals surface area contributed by atoms with Gasteiger partial charge in [0, 0.05) is 7.05 Å². The van der Waals surface area contributed by atoms with Crippen LogP contribution in [0.15, 0.2) is 82.7 Å². The van der Waals surface area contributed by atoms with E-state index in [1.165, 1.54) is 33.0 Å². The monoisotopic (exact) mass is 562 g/mol. The lowest BCUT2D eigenvalue weighted by Gasteiger charge is -2.33. The number of para-hydroxylation sites is 3. The highest BCUT2D eigenvalue weighted by atomic mass is 32.2. The fourth-order valence-electron chi connectivity index (χ4n) is 4.39. The molecule has 2 heterocycles. The SMILES string of the molecule is Cc1cccc(Oc2ccccc2NC(=O)C(C2=Nc3ccccc3S(=O)(=O)N2C)N2C(=O)OC(C)(C)C2=O)c1. The first kappa shape index (κ1) is 26.9. The van der Waals surface area contributed by atoms with Crippen LogP contribution in [0.5, 0.6) is 11.5 Å². The molecule has 0 aliphatic carbocycles.